The van der Waals surface area contributed by atoms with Crippen LogP contribution in [-0.2, 0) is 0 Å². The summed E-state index contributed by atoms with van der Waals surface area (Å²) in [7, 11) is 0. The Hall–Kier alpha value is -3.37. The van der Waals surface area contributed by atoms with Gasteiger partial charge in [-0.15, -0.1) is 11.3 Å². The molecule has 4 N–H and O–H groups in total. The molecule has 0 saturated heterocycles. The van der Waals surface area contributed by atoms with Crippen molar-refractivity contribution >= 4 is 50.7 Å². The highest BCUT2D eigenvalue weighted by Gasteiger charge is 2.24. The number of carbonyl (C=O) groups is 2. The van der Waals surface area contributed by atoms with Crippen molar-refractivity contribution in [3.05, 3.63) is 63.2 Å². The van der Waals surface area contributed by atoms with E-state index in [0.717, 1.165) is 16.9 Å². The standard InChI is InChI=1S/C20H14ClF2N5O2S/c1-8-6-12(17(22)23)25-20-14(8)15(16(31-20)18(24)29)26-19(30)13-7-11(27-28-13)9-2-4-10(21)5-3-9/h2-7,17H,1H3,(H2,24,29)(H,26,30)(H,27,28). The summed E-state index contributed by atoms with van der Waals surface area (Å²) < 4.78 is 26.2. The number of nitrogens with zero attached hydrogens (tertiary/aromatic N) is 2. The van der Waals surface area contributed by atoms with Gasteiger partial charge in [0.1, 0.15) is 21.1 Å². The van der Waals surface area contributed by atoms with Crippen molar-refractivity contribution in [3.63, 3.8) is 0 Å². The largest absolute Gasteiger partial charge is 0.365 e. The Labute approximate surface area is 183 Å². The van der Waals surface area contributed by atoms with Gasteiger partial charge in [-0.1, -0.05) is 23.7 Å². The molecule has 0 aliphatic heterocycles. The number of thiophene rings is 1. The van der Waals surface area contributed by atoms with E-state index in [2.05, 4.69) is 20.5 Å². The average Bonchev–Trinajstić information content (AvgIpc) is 3.34. The number of nitrogens with two attached hydrogens (primary N) is 1. The van der Waals surface area contributed by atoms with Gasteiger partial charge in [-0.2, -0.15) is 5.10 Å². The predicted octanol–water partition coefficient (Wildman–Crippen LogP) is 4.94. The summed E-state index contributed by atoms with van der Waals surface area (Å²) in [6.45, 7) is 1.60. The van der Waals surface area contributed by atoms with Gasteiger partial charge >= 0.3 is 0 Å². The molecule has 0 fully saturated rings. The molecule has 0 saturated carbocycles. The highest BCUT2D eigenvalue weighted by atomic mass is 35.5. The number of hydrogen-bond acceptors (Lipinski definition) is 5. The third kappa shape index (κ3) is 3.99. The van der Waals surface area contributed by atoms with E-state index in [1.165, 1.54) is 12.1 Å². The normalized spacial score (nSPS) is 11.3. The van der Waals surface area contributed by atoms with Crippen LogP contribution in [0.15, 0.2) is 36.4 Å². The second kappa shape index (κ2) is 8.05. The van der Waals surface area contributed by atoms with E-state index >= 15 is 0 Å². The molecule has 158 valence electrons. The number of benzene rings is 1. The molecule has 7 nitrogen and oxygen atoms in total. The van der Waals surface area contributed by atoms with Crippen molar-refractivity contribution < 1.29 is 18.4 Å². The summed E-state index contributed by atoms with van der Waals surface area (Å²) in [5.74, 6) is -1.38. The van der Waals surface area contributed by atoms with Crippen molar-refractivity contribution in [3.8, 4) is 11.3 Å². The Morgan fingerprint density at radius 2 is 1.94 bits per heavy atom. The molecular formula is C20H14ClF2N5O2S. The van der Waals surface area contributed by atoms with Gasteiger partial charge < -0.3 is 11.1 Å². The Bertz CT molecular complexity index is 1320. The smallest absolute Gasteiger partial charge is 0.280 e. The number of aromatic amines is 1. The van der Waals surface area contributed by atoms with Crippen molar-refractivity contribution in [2.75, 3.05) is 5.32 Å². The van der Waals surface area contributed by atoms with Crippen LogP contribution in [0.1, 0.15) is 37.8 Å². The van der Waals surface area contributed by atoms with Crippen LogP contribution < -0.4 is 11.1 Å². The van der Waals surface area contributed by atoms with Crippen molar-refractivity contribution in [2.45, 2.75) is 13.3 Å². The number of nitrogens with one attached hydrogen (secondary N) is 2. The lowest BCUT2D eigenvalue weighted by atomic mass is 10.1. The summed E-state index contributed by atoms with van der Waals surface area (Å²) in [4.78, 5) is 28.9. The van der Waals surface area contributed by atoms with E-state index in [1.54, 1.807) is 31.2 Å². The number of pyridine rings is 1. The third-order valence-electron chi connectivity index (χ3n) is 4.53. The predicted molar refractivity (Wildman–Crippen MR) is 115 cm³/mol. The monoisotopic (exact) mass is 461 g/mol. The van der Waals surface area contributed by atoms with Crippen molar-refractivity contribution in [1.29, 1.82) is 0 Å². The van der Waals surface area contributed by atoms with Gasteiger partial charge in [0.15, 0.2) is 0 Å². The number of carbonyl (C=O) groups excluding carboxylic acids is 2. The summed E-state index contributed by atoms with van der Waals surface area (Å²) in [5, 5.41) is 10.4. The van der Waals surface area contributed by atoms with Gasteiger partial charge in [0.05, 0.1) is 11.4 Å². The number of amides is 2. The number of H-pyrrole nitrogens is 1. The van der Waals surface area contributed by atoms with Crippen LogP contribution in [0.2, 0.25) is 5.02 Å². The van der Waals surface area contributed by atoms with Gasteiger partial charge in [-0.3, -0.25) is 14.7 Å². The minimum absolute atomic E-state index is 0.0165. The molecule has 4 aromatic rings. The maximum Gasteiger partial charge on any atom is 0.280 e. The molecule has 31 heavy (non-hydrogen) atoms. The van der Waals surface area contributed by atoms with Gasteiger partial charge in [-0.25, -0.2) is 13.8 Å². The lowest BCUT2D eigenvalue weighted by Crippen LogP contribution is -2.17. The fourth-order valence-corrected chi connectivity index (χ4v) is 4.29. The molecule has 11 heteroatoms. The number of halogens is 3. The molecular weight excluding hydrogens is 448 g/mol. The second-order valence-corrected chi connectivity index (χ2v) is 8.08. The van der Waals surface area contributed by atoms with Gasteiger partial charge in [-0.05, 0) is 36.8 Å². The molecule has 0 aliphatic rings. The molecule has 0 radical (unpaired) electrons. The number of rotatable bonds is 5. The zero-order valence-corrected chi connectivity index (χ0v) is 17.4. The van der Waals surface area contributed by atoms with Crippen LogP contribution in [0.5, 0.6) is 0 Å². The van der Waals surface area contributed by atoms with E-state index in [9.17, 15) is 18.4 Å². The van der Waals surface area contributed by atoms with Crippen LogP contribution in [0, 0.1) is 6.92 Å². The van der Waals surface area contributed by atoms with E-state index in [0.29, 0.717) is 21.7 Å². The second-order valence-electron chi connectivity index (χ2n) is 6.64. The summed E-state index contributed by atoms with van der Waals surface area (Å²) in [6.07, 6.45) is -2.77. The molecule has 2 amide bonds. The average molecular weight is 462 g/mol. The molecule has 0 aliphatic carbocycles. The quantitative estimate of drug-likeness (QED) is 0.390. The first-order chi connectivity index (χ1) is 14.7. The molecule has 0 spiro atoms. The fourth-order valence-electron chi connectivity index (χ4n) is 3.10. The SMILES string of the molecule is Cc1cc(C(F)F)nc2sc(C(N)=O)c(NC(=O)c3cc(-c4ccc(Cl)cc4)n[nH]3)c12. The molecule has 0 unspecified atom stereocenters. The Kier molecular flexibility index (Phi) is 5.42. The number of aromatic nitrogens is 3. The number of aryl methyl sites for hydroxylation is 1. The van der Waals surface area contributed by atoms with E-state index in [1.807, 2.05) is 0 Å². The minimum atomic E-state index is -2.77. The number of primary amides is 1. The Morgan fingerprint density at radius 3 is 2.58 bits per heavy atom. The lowest BCUT2D eigenvalue weighted by Gasteiger charge is -2.07. The summed E-state index contributed by atoms with van der Waals surface area (Å²) in [5.41, 5.74) is 7.00. The van der Waals surface area contributed by atoms with Crippen LogP contribution >= 0.6 is 22.9 Å². The fraction of sp³-hybridized carbons (Fsp3) is 0.100. The van der Waals surface area contributed by atoms with Crippen LogP contribution in [-0.4, -0.2) is 27.0 Å². The lowest BCUT2D eigenvalue weighted by molar-refractivity contribution is 0.100. The molecule has 4 rings (SSSR count). The summed E-state index contributed by atoms with van der Waals surface area (Å²) >= 11 is 6.73. The van der Waals surface area contributed by atoms with Crippen LogP contribution in [0.25, 0.3) is 21.5 Å². The third-order valence-corrected chi connectivity index (χ3v) is 5.88. The van der Waals surface area contributed by atoms with Gasteiger partial charge in [0.25, 0.3) is 18.2 Å². The maximum atomic E-state index is 13.1. The number of fused-ring (bicyclic) bond motifs is 1. The van der Waals surface area contributed by atoms with E-state index < -0.39 is 23.9 Å². The molecule has 0 atom stereocenters. The van der Waals surface area contributed by atoms with Crippen LogP contribution in [0.4, 0.5) is 14.5 Å². The summed E-state index contributed by atoms with van der Waals surface area (Å²) in [6, 6.07) is 9.67. The highest BCUT2D eigenvalue weighted by Crippen LogP contribution is 2.38. The first-order valence-corrected chi connectivity index (χ1v) is 10.1. The molecule has 3 heterocycles. The zero-order valence-electron chi connectivity index (χ0n) is 15.9. The first kappa shape index (κ1) is 20.9. The van der Waals surface area contributed by atoms with E-state index in [4.69, 9.17) is 17.3 Å². The molecule has 3 aromatic heterocycles. The Balaban J connectivity index is 1.71. The van der Waals surface area contributed by atoms with Crippen LogP contribution in [0.3, 0.4) is 0 Å². The highest BCUT2D eigenvalue weighted by molar-refractivity contribution is 7.21. The molecule has 0 bridgehead atoms. The van der Waals surface area contributed by atoms with Crippen molar-refractivity contribution in [1.82, 2.24) is 15.2 Å². The zero-order chi connectivity index (χ0) is 22.3. The van der Waals surface area contributed by atoms with Gasteiger partial charge in [0, 0.05) is 16.0 Å². The van der Waals surface area contributed by atoms with Crippen molar-refractivity contribution in [2.24, 2.45) is 5.73 Å². The van der Waals surface area contributed by atoms with Gasteiger partial charge in [0.2, 0.25) is 0 Å². The minimum Gasteiger partial charge on any atom is -0.365 e. The van der Waals surface area contributed by atoms with E-state index in [-0.39, 0.29) is 21.1 Å². The molecule has 1 aromatic carbocycles. The number of hydrogen-bond donors (Lipinski definition) is 3. The number of anilines is 1. The maximum absolute atomic E-state index is 13.1. The Morgan fingerprint density at radius 1 is 1.23 bits per heavy atom. The number of alkyl halides is 2. The topological polar surface area (TPSA) is 114 Å². The first-order valence-electron chi connectivity index (χ1n) is 8.89.